The molecule has 0 saturated carbocycles. The quantitative estimate of drug-likeness (QED) is 0.193. The lowest BCUT2D eigenvalue weighted by atomic mass is 10.0. The molecule has 0 unspecified atom stereocenters. The van der Waals surface area contributed by atoms with Crippen LogP contribution in [0.1, 0.15) is 18.9 Å². The van der Waals surface area contributed by atoms with Gasteiger partial charge in [0.25, 0.3) is 0 Å². The van der Waals surface area contributed by atoms with Crippen molar-refractivity contribution < 1.29 is 38.7 Å². The number of benzene rings is 3. The highest BCUT2D eigenvalue weighted by Crippen LogP contribution is 2.46. The molecule has 5 aromatic rings. The van der Waals surface area contributed by atoms with Crippen LogP contribution in [0.15, 0.2) is 54.6 Å². The highest BCUT2D eigenvalue weighted by Gasteiger charge is 2.26. The Kier molecular flexibility index (Phi) is 7.69. The lowest BCUT2D eigenvalue weighted by molar-refractivity contribution is -0.139. The van der Waals surface area contributed by atoms with Crippen molar-refractivity contribution in [1.29, 1.82) is 0 Å². The van der Waals surface area contributed by atoms with Crippen LogP contribution in [0, 0.1) is 0 Å². The topological polar surface area (TPSA) is 142 Å². The van der Waals surface area contributed by atoms with Crippen LogP contribution in [0.25, 0.3) is 33.1 Å². The molecule has 0 aliphatic carbocycles. The molecule has 0 aliphatic heterocycles. The molecule has 0 aliphatic rings. The van der Waals surface area contributed by atoms with Gasteiger partial charge in [0.05, 0.1) is 43.1 Å². The largest absolute Gasteiger partial charge is 0.512 e. The second-order valence-corrected chi connectivity index (χ2v) is 9.32. The molecular weight excluding hydrogens is 538 g/mol. The van der Waals surface area contributed by atoms with E-state index in [0.29, 0.717) is 40.1 Å². The third-order valence-electron chi connectivity index (χ3n) is 6.11. The maximum absolute atomic E-state index is 12.0. The van der Waals surface area contributed by atoms with Gasteiger partial charge < -0.3 is 33.7 Å². The van der Waals surface area contributed by atoms with Crippen LogP contribution < -0.4 is 18.9 Å². The van der Waals surface area contributed by atoms with E-state index < -0.39 is 18.7 Å². The van der Waals surface area contributed by atoms with Crippen LogP contribution in [-0.4, -0.2) is 56.0 Å². The van der Waals surface area contributed by atoms with Crippen molar-refractivity contribution in [2.45, 2.75) is 19.9 Å². The molecule has 40 heavy (non-hydrogen) atoms. The average Bonchev–Trinajstić information content (AvgIpc) is 3.52. The zero-order valence-corrected chi connectivity index (χ0v) is 22.4. The zero-order valence-electron chi connectivity index (χ0n) is 21.6. The number of carbonyl (C=O) groups is 2. The molecule has 11 nitrogen and oxygen atoms in total. The van der Waals surface area contributed by atoms with Crippen molar-refractivity contribution in [2.24, 2.45) is 0 Å². The molecule has 0 atom stereocenters. The van der Waals surface area contributed by atoms with Crippen molar-refractivity contribution in [1.82, 2.24) is 13.3 Å². The molecule has 0 radical (unpaired) electrons. The summed E-state index contributed by atoms with van der Waals surface area (Å²) in [5, 5.41) is 19.7. The predicted molar refractivity (Wildman–Crippen MR) is 148 cm³/mol. The number of nitrogens with zero attached hydrogens (tertiary/aromatic N) is 3. The fourth-order valence-corrected chi connectivity index (χ4v) is 4.95. The third kappa shape index (κ3) is 5.47. The monoisotopic (exact) mass is 563 g/mol. The van der Waals surface area contributed by atoms with Gasteiger partial charge in [0.1, 0.15) is 28.3 Å². The Morgan fingerprint density at radius 1 is 0.950 bits per heavy atom. The number of rotatable bonds is 11. The lowest BCUT2D eigenvalue weighted by Gasteiger charge is -2.14. The predicted octanol–water partition coefficient (Wildman–Crippen LogP) is 5.68. The molecule has 0 fully saturated rings. The van der Waals surface area contributed by atoms with E-state index in [1.165, 1.54) is 7.11 Å². The van der Waals surface area contributed by atoms with E-state index in [4.69, 9.17) is 18.9 Å². The molecule has 206 valence electrons. The van der Waals surface area contributed by atoms with Gasteiger partial charge in [0, 0.05) is 17.0 Å². The Bertz CT molecular complexity index is 1710. The van der Waals surface area contributed by atoms with Crippen LogP contribution in [0.2, 0.25) is 0 Å². The second kappa shape index (κ2) is 11.5. The molecule has 2 heterocycles. The van der Waals surface area contributed by atoms with E-state index >= 15 is 0 Å². The van der Waals surface area contributed by atoms with Gasteiger partial charge in [-0.25, -0.2) is 9.59 Å². The minimum absolute atomic E-state index is 0.0389. The van der Waals surface area contributed by atoms with E-state index in [1.807, 2.05) is 43.3 Å². The molecule has 12 heteroatoms. The summed E-state index contributed by atoms with van der Waals surface area (Å²) in [6, 6.07) is 16.0. The summed E-state index contributed by atoms with van der Waals surface area (Å²) in [7, 11) is 1.48. The summed E-state index contributed by atoms with van der Waals surface area (Å²) in [5.41, 5.74) is 3.85. The molecule has 0 saturated heterocycles. The van der Waals surface area contributed by atoms with E-state index in [2.05, 4.69) is 8.75 Å². The molecule has 3 aromatic carbocycles. The average molecular weight is 564 g/mol. The molecule has 5 rings (SSSR count). The summed E-state index contributed by atoms with van der Waals surface area (Å²) in [6.07, 6.45) is -0.702. The van der Waals surface area contributed by atoms with Crippen LogP contribution in [0.3, 0.4) is 0 Å². The number of ether oxygens (including phenoxy) is 4. The van der Waals surface area contributed by atoms with Crippen LogP contribution in [-0.2, 0) is 11.3 Å². The third-order valence-corrected chi connectivity index (χ3v) is 6.67. The number of aromatic nitrogens is 3. The van der Waals surface area contributed by atoms with Crippen molar-refractivity contribution in [2.75, 3.05) is 20.3 Å². The zero-order chi connectivity index (χ0) is 28.2. The van der Waals surface area contributed by atoms with Gasteiger partial charge in [-0.2, -0.15) is 8.75 Å². The van der Waals surface area contributed by atoms with E-state index in [-0.39, 0.29) is 18.2 Å². The number of fused-ring (bicyclic) bond motifs is 2. The Morgan fingerprint density at radius 2 is 1.75 bits per heavy atom. The Balaban J connectivity index is 1.76. The number of hydrogen-bond acceptors (Lipinski definition) is 9. The van der Waals surface area contributed by atoms with Crippen molar-refractivity contribution in [3.05, 3.63) is 60.2 Å². The molecule has 0 bridgehead atoms. The summed E-state index contributed by atoms with van der Waals surface area (Å²) in [5.74, 6) is 0.0834. The Hall–Kier alpha value is -4.84. The van der Waals surface area contributed by atoms with Crippen LogP contribution >= 0.6 is 11.7 Å². The summed E-state index contributed by atoms with van der Waals surface area (Å²) < 4.78 is 32.6. The molecule has 2 N–H and O–H groups in total. The van der Waals surface area contributed by atoms with Gasteiger partial charge in [-0.1, -0.05) is 13.0 Å². The summed E-state index contributed by atoms with van der Waals surface area (Å²) in [6.45, 7) is 2.14. The SMILES string of the molecule is CCCOc1ccc2c(c1)c(-c1ccc(OC)cc1OCC(=O)O)c(OC(=O)O)n2Cc1ccc2nsnc2c1. The van der Waals surface area contributed by atoms with Crippen molar-refractivity contribution >= 4 is 45.8 Å². The smallest absolute Gasteiger partial charge is 0.497 e. The molecule has 0 amide bonds. The van der Waals surface area contributed by atoms with Crippen LogP contribution in [0.5, 0.6) is 23.1 Å². The number of hydrogen-bond donors (Lipinski definition) is 2. The van der Waals surface area contributed by atoms with E-state index in [9.17, 15) is 19.8 Å². The number of carboxylic acid groups (broad SMARTS) is 2. The highest BCUT2D eigenvalue weighted by atomic mass is 32.1. The number of carboxylic acids is 1. The lowest BCUT2D eigenvalue weighted by Crippen LogP contribution is -2.11. The van der Waals surface area contributed by atoms with Gasteiger partial charge in [-0.05, 0) is 54.4 Å². The van der Waals surface area contributed by atoms with Gasteiger partial charge in [0.15, 0.2) is 6.61 Å². The van der Waals surface area contributed by atoms with Gasteiger partial charge in [-0.15, -0.1) is 0 Å². The van der Waals surface area contributed by atoms with Gasteiger partial charge in [-0.3, -0.25) is 0 Å². The Labute approximate surface area is 232 Å². The van der Waals surface area contributed by atoms with Crippen LogP contribution in [0.4, 0.5) is 4.79 Å². The maximum Gasteiger partial charge on any atom is 0.512 e. The van der Waals surface area contributed by atoms with Gasteiger partial charge >= 0.3 is 12.1 Å². The maximum atomic E-state index is 12.0. The Morgan fingerprint density at radius 3 is 2.50 bits per heavy atom. The summed E-state index contributed by atoms with van der Waals surface area (Å²) >= 11 is 1.11. The molecular formula is C28H25N3O8S. The molecule has 0 spiro atoms. The second-order valence-electron chi connectivity index (χ2n) is 8.79. The van der Waals surface area contributed by atoms with Crippen molar-refractivity contribution in [3.8, 4) is 34.3 Å². The first-order valence-electron chi connectivity index (χ1n) is 12.3. The fraction of sp³-hybridized carbons (Fsp3) is 0.214. The number of aliphatic carboxylic acids is 1. The van der Waals surface area contributed by atoms with Gasteiger partial charge in [0.2, 0.25) is 5.88 Å². The normalized spacial score (nSPS) is 11.1. The first-order valence-corrected chi connectivity index (χ1v) is 13.0. The highest BCUT2D eigenvalue weighted by molar-refractivity contribution is 7.00. The molecule has 2 aromatic heterocycles. The number of methoxy groups -OCH3 is 1. The summed E-state index contributed by atoms with van der Waals surface area (Å²) in [4.78, 5) is 23.3. The first kappa shape index (κ1) is 26.8. The minimum atomic E-state index is -1.51. The van der Waals surface area contributed by atoms with E-state index in [0.717, 1.165) is 34.7 Å². The standard InChI is InChI=1S/C28H25N3O8S/c1-3-10-37-18-6-9-23-20(12-18)26(19-7-5-17(36-2)13-24(19)38-15-25(32)33)27(39-28(34)35)31(23)14-16-4-8-21-22(11-16)30-40-29-21/h4-9,11-13H,3,10,14-15H2,1-2H3,(H,32,33)(H,34,35). The minimum Gasteiger partial charge on any atom is -0.497 e. The van der Waals surface area contributed by atoms with Crippen molar-refractivity contribution in [3.63, 3.8) is 0 Å². The van der Waals surface area contributed by atoms with E-state index in [1.54, 1.807) is 22.8 Å². The first-order chi connectivity index (χ1) is 19.4. The fourth-order valence-electron chi connectivity index (χ4n) is 4.43.